The van der Waals surface area contributed by atoms with E-state index in [1.807, 2.05) is 0 Å². The summed E-state index contributed by atoms with van der Waals surface area (Å²) in [5, 5.41) is 13.0. The highest BCUT2D eigenvalue weighted by Crippen LogP contribution is 2.39. The standard InChI is InChI=1S/C17H34N2O2/c1-4-18-12-17(7-5-14(2)6-8-17)13-19-9-16(10-20)21-11-15(19)3/h14-16,18,20H,4-13H2,1-3H3. The van der Waals surface area contributed by atoms with Gasteiger partial charge in [0.25, 0.3) is 0 Å². The monoisotopic (exact) mass is 298 g/mol. The van der Waals surface area contributed by atoms with E-state index in [0.717, 1.165) is 38.7 Å². The van der Waals surface area contributed by atoms with Crippen molar-refractivity contribution in [3.05, 3.63) is 0 Å². The van der Waals surface area contributed by atoms with Gasteiger partial charge in [0.15, 0.2) is 0 Å². The van der Waals surface area contributed by atoms with Gasteiger partial charge in [0, 0.05) is 25.7 Å². The second-order valence-electron chi connectivity index (χ2n) is 7.38. The average Bonchev–Trinajstić information content (AvgIpc) is 2.50. The van der Waals surface area contributed by atoms with Crippen molar-refractivity contribution >= 4 is 0 Å². The number of hydrogen-bond acceptors (Lipinski definition) is 4. The minimum Gasteiger partial charge on any atom is -0.394 e. The van der Waals surface area contributed by atoms with Gasteiger partial charge in [-0.25, -0.2) is 0 Å². The number of rotatable bonds is 6. The molecule has 1 saturated heterocycles. The lowest BCUT2D eigenvalue weighted by Gasteiger charge is -2.47. The van der Waals surface area contributed by atoms with Crippen LogP contribution in [0.5, 0.6) is 0 Å². The van der Waals surface area contributed by atoms with Crippen LogP contribution in [0, 0.1) is 11.3 Å². The van der Waals surface area contributed by atoms with E-state index >= 15 is 0 Å². The summed E-state index contributed by atoms with van der Waals surface area (Å²) in [6.07, 6.45) is 5.37. The summed E-state index contributed by atoms with van der Waals surface area (Å²) in [6, 6.07) is 0.464. The third-order valence-corrected chi connectivity index (χ3v) is 5.46. The molecule has 0 bridgehead atoms. The van der Waals surface area contributed by atoms with Crippen molar-refractivity contribution in [2.24, 2.45) is 11.3 Å². The molecule has 1 saturated carbocycles. The molecule has 2 rings (SSSR count). The van der Waals surface area contributed by atoms with Crippen LogP contribution in [0.1, 0.15) is 46.5 Å². The molecule has 4 heteroatoms. The fraction of sp³-hybridized carbons (Fsp3) is 1.00. The Labute approximate surface area is 130 Å². The maximum Gasteiger partial charge on any atom is 0.0933 e. The number of nitrogens with zero attached hydrogens (tertiary/aromatic N) is 1. The van der Waals surface area contributed by atoms with E-state index in [-0.39, 0.29) is 12.7 Å². The van der Waals surface area contributed by atoms with Crippen LogP contribution < -0.4 is 5.32 Å². The molecule has 0 amide bonds. The van der Waals surface area contributed by atoms with Crippen molar-refractivity contribution < 1.29 is 9.84 Å². The molecule has 1 aliphatic carbocycles. The molecule has 4 nitrogen and oxygen atoms in total. The number of ether oxygens (including phenoxy) is 1. The van der Waals surface area contributed by atoms with Crippen molar-refractivity contribution in [3.8, 4) is 0 Å². The molecule has 1 heterocycles. The molecule has 2 atom stereocenters. The Morgan fingerprint density at radius 3 is 2.62 bits per heavy atom. The van der Waals surface area contributed by atoms with Crippen LogP contribution in [0.3, 0.4) is 0 Å². The van der Waals surface area contributed by atoms with E-state index in [0.29, 0.717) is 11.5 Å². The van der Waals surface area contributed by atoms with Gasteiger partial charge in [-0.3, -0.25) is 4.90 Å². The summed E-state index contributed by atoms with van der Waals surface area (Å²) in [6.45, 7) is 11.9. The summed E-state index contributed by atoms with van der Waals surface area (Å²) < 4.78 is 5.68. The lowest BCUT2D eigenvalue weighted by Crippen LogP contribution is -2.55. The zero-order chi connectivity index (χ0) is 15.3. The fourth-order valence-electron chi connectivity index (χ4n) is 3.79. The number of morpholine rings is 1. The number of aliphatic hydroxyl groups excluding tert-OH is 1. The second kappa shape index (κ2) is 7.91. The van der Waals surface area contributed by atoms with Crippen molar-refractivity contribution in [3.63, 3.8) is 0 Å². The molecule has 2 N–H and O–H groups in total. The van der Waals surface area contributed by atoms with E-state index in [4.69, 9.17) is 4.74 Å². The van der Waals surface area contributed by atoms with E-state index in [1.165, 1.54) is 25.7 Å². The molecule has 0 aromatic carbocycles. The van der Waals surface area contributed by atoms with Gasteiger partial charge in [0.1, 0.15) is 0 Å². The third kappa shape index (κ3) is 4.65. The Bertz CT molecular complexity index is 298. The summed E-state index contributed by atoms with van der Waals surface area (Å²) >= 11 is 0. The highest BCUT2D eigenvalue weighted by molar-refractivity contribution is 4.91. The molecule has 2 aliphatic rings. The molecule has 0 aromatic heterocycles. The second-order valence-corrected chi connectivity index (χ2v) is 7.38. The lowest BCUT2D eigenvalue weighted by molar-refractivity contribution is -0.0914. The highest BCUT2D eigenvalue weighted by atomic mass is 16.5. The average molecular weight is 298 g/mol. The largest absolute Gasteiger partial charge is 0.394 e. The zero-order valence-corrected chi connectivity index (χ0v) is 14.1. The topological polar surface area (TPSA) is 44.7 Å². The molecular weight excluding hydrogens is 264 g/mol. The normalized spacial score (nSPS) is 38.6. The Kier molecular flexibility index (Phi) is 6.48. The van der Waals surface area contributed by atoms with Crippen molar-refractivity contribution in [2.45, 2.75) is 58.6 Å². The van der Waals surface area contributed by atoms with Gasteiger partial charge < -0.3 is 15.2 Å². The maximum absolute atomic E-state index is 9.38. The molecule has 0 radical (unpaired) electrons. The van der Waals surface area contributed by atoms with Crippen molar-refractivity contribution in [2.75, 3.05) is 39.4 Å². The van der Waals surface area contributed by atoms with Gasteiger partial charge in [-0.2, -0.15) is 0 Å². The predicted molar refractivity (Wildman–Crippen MR) is 86.5 cm³/mol. The Morgan fingerprint density at radius 2 is 2.00 bits per heavy atom. The summed E-state index contributed by atoms with van der Waals surface area (Å²) in [4.78, 5) is 2.55. The Balaban J connectivity index is 1.99. The van der Waals surface area contributed by atoms with E-state index < -0.39 is 0 Å². The Morgan fingerprint density at radius 1 is 1.29 bits per heavy atom. The van der Waals surface area contributed by atoms with Crippen LogP contribution in [0.15, 0.2) is 0 Å². The van der Waals surface area contributed by atoms with Gasteiger partial charge in [-0.1, -0.05) is 26.7 Å². The van der Waals surface area contributed by atoms with E-state index in [2.05, 4.69) is 31.0 Å². The van der Waals surface area contributed by atoms with Gasteiger partial charge in [0.05, 0.1) is 19.3 Å². The van der Waals surface area contributed by atoms with Crippen molar-refractivity contribution in [1.82, 2.24) is 10.2 Å². The first-order chi connectivity index (χ1) is 10.1. The minimum absolute atomic E-state index is 0.0000940. The molecule has 0 aromatic rings. The van der Waals surface area contributed by atoms with Crippen LogP contribution >= 0.6 is 0 Å². The lowest BCUT2D eigenvalue weighted by atomic mass is 9.70. The van der Waals surface area contributed by atoms with Gasteiger partial charge >= 0.3 is 0 Å². The van der Waals surface area contributed by atoms with Gasteiger partial charge in [-0.15, -0.1) is 0 Å². The van der Waals surface area contributed by atoms with Crippen LogP contribution in [0.4, 0.5) is 0 Å². The van der Waals surface area contributed by atoms with Crippen LogP contribution in [0.2, 0.25) is 0 Å². The zero-order valence-electron chi connectivity index (χ0n) is 14.1. The molecule has 124 valence electrons. The first-order valence-electron chi connectivity index (χ1n) is 8.76. The number of nitrogens with one attached hydrogen (secondary N) is 1. The molecule has 2 fully saturated rings. The fourth-order valence-corrected chi connectivity index (χ4v) is 3.79. The third-order valence-electron chi connectivity index (χ3n) is 5.46. The smallest absolute Gasteiger partial charge is 0.0933 e. The summed E-state index contributed by atoms with van der Waals surface area (Å²) in [5.74, 6) is 0.882. The summed E-state index contributed by atoms with van der Waals surface area (Å²) in [5.41, 5.74) is 0.411. The predicted octanol–water partition coefficient (Wildman–Crippen LogP) is 1.87. The van der Waals surface area contributed by atoms with Gasteiger partial charge in [0.2, 0.25) is 0 Å². The Hall–Kier alpha value is -0.160. The molecule has 2 unspecified atom stereocenters. The minimum atomic E-state index is -0.0000940. The molecule has 21 heavy (non-hydrogen) atoms. The van der Waals surface area contributed by atoms with Crippen LogP contribution in [-0.4, -0.2) is 61.5 Å². The first-order valence-corrected chi connectivity index (χ1v) is 8.76. The first kappa shape index (κ1) is 17.2. The molecule has 0 spiro atoms. The van der Waals surface area contributed by atoms with Gasteiger partial charge in [-0.05, 0) is 37.6 Å². The van der Waals surface area contributed by atoms with Crippen molar-refractivity contribution in [1.29, 1.82) is 0 Å². The summed E-state index contributed by atoms with van der Waals surface area (Å²) in [7, 11) is 0. The SMILES string of the molecule is CCNCC1(CN2CC(CO)OCC2C)CCC(C)CC1. The number of aliphatic hydroxyl groups is 1. The van der Waals surface area contributed by atoms with E-state index in [9.17, 15) is 5.11 Å². The van der Waals surface area contributed by atoms with Crippen LogP contribution in [0.25, 0.3) is 0 Å². The highest BCUT2D eigenvalue weighted by Gasteiger charge is 2.38. The molecular formula is C17H34N2O2. The van der Waals surface area contributed by atoms with E-state index in [1.54, 1.807) is 0 Å². The number of hydrogen-bond donors (Lipinski definition) is 2. The van der Waals surface area contributed by atoms with Crippen LogP contribution in [-0.2, 0) is 4.74 Å². The maximum atomic E-state index is 9.38. The molecule has 1 aliphatic heterocycles. The quantitative estimate of drug-likeness (QED) is 0.786.